The summed E-state index contributed by atoms with van der Waals surface area (Å²) in [5.41, 5.74) is 0.367. The van der Waals surface area contributed by atoms with Crippen molar-refractivity contribution in [2.45, 2.75) is 24.7 Å². The molecule has 2 aliphatic rings. The van der Waals surface area contributed by atoms with Crippen molar-refractivity contribution in [1.29, 1.82) is 0 Å². The van der Waals surface area contributed by atoms with E-state index < -0.39 is 27.1 Å². The number of nitrogens with zero attached hydrogens (tertiary/aromatic N) is 1. The number of nitrogens with one attached hydrogen (secondary N) is 1. The first-order chi connectivity index (χ1) is 13.2. The lowest BCUT2D eigenvalue weighted by molar-refractivity contribution is -0.118. The summed E-state index contributed by atoms with van der Waals surface area (Å²) >= 11 is 0. The summed E-state index contributed by atoms with van der Waals surface area (Å²) < 4.78 is 54.1. The summed E-state index contributed by atoms with van der Waals surface area (Å²) in [6.45, 7) is 2.09. The number of hydrogen-bond acceptors (Lipinski definition) is 3. The van der Waals surface area contributed by atoms with Gasteiger partial charge in [-0.3, -0.25) is 4.79 Å². The van der Waals surface area contributed by atoms with E-state index in [-0.39, 0.29) is 23.3 Å². The van der Waals surface area contributed by atoms with Crippen LogP contribution in [0.2, 0.25) is 0 Å². The minimum Gasteiger partial charge on any atom is -0.326 e. The lowest BCUT2D eigenvalue weighted by Crippen LogP contribution is -2.30. The zero-order valence-electron chi connectivity index (χ0n) is 15.3. The normalized spacial score (nSPS) is 24.5. The minimum absolute atomic E-state index is 0.0749. The molecule has 1 aliphatic carbocycles. The molecule has 148 valence electrons. The van der Waals surface area contributed by atoms with Crippen molar-refractivity contribution in [3.63, 3.8) is 0 Å². The number of carbonyl (C=O) groups excluding carboxylic acids is 1. The highest BCUT2D eigenvalue weighted by Gasteiger charge is 2.62. The molecular formula is C20H20F2N2O3S. The van der Waals surface area contributed by atoms with Gasteiger partial charge in [-0.25, -0.2) is 17.2 Å². The molecular weight excluding hydrogens is 386 g/mol. The largest absolute Gasteiger partial charge is 0.326 e. The molecule has 1 spiro atoms. The van der Waals surface area contributed by atoms with Gasteiger partial charge in [0.2, 0.25) is 15.9 Å². The highest BCUT2D eigenvalue weighted by molar-refractivity contribution is 7.89. The Labute approximate surface area is 162 Å². The van der Waals surface area contributed by atoms with Crippen LogP contribution < -0.4 is 5.32 Å². The third-order valence-electron chi connectivity index (χ3n) is 5.73. The quantitative estimate of drug-likeness (QED) is 0.847. The number of anilines is 1. The number of hydrogen-bond donors (Lipinski definition) is 1. The van der Waals surface area contributed by atoms with Gasteiger partial charge in [-0.05, 0) is 61.1 Å². The number of benzene rings is 2. The van der Waals surface area contributed by atoms with E-state index in [9.17, 15) is 22.0 Å². The van der Waals surface area contributed by atoms with Gasteiger partial charge in [-0.15, -0.1) is 0 Å². The third-order valence-corrected chi connectivity index (χ3v) is 7.57. The van der Waals surface area contributed by atoms with Crippen molar-refractivity contribution in [2.24, 2.45) is 11.3 Å². The Kier molecular flexibility index (Phi) is 4.50. The molecule has 2 aromatic rings. The van der Waals surface area contributed by atoms with Crippen LogP contribution in [0, 0.1) is 29.9 Å². The van der Waals surface area contributed by atoms with Gasteiger partial charge in [0.05, 0.1) is 4.90 Å². The maximum atomic E-state index is 13.8. The van der Waals surface area contributed by atoms with Crippen LogP contribution in [-0.2, 0) is 14.8 Å². The number of carbonyl (C=O) groups is 1. The molecule has 1 saturated heterocycles. The molecule has 8 heteroatoms. The molecule has 1 saturated carbocycles. The van der Waals surface area contributed by atoms with Crippen LogP contribution in [0.4, 0.5) is 14.5 Å². The second-order valence-corrected chi connectivity index (χ2v) is 9.56. The first-order valence-electron chi connectivity index (χ1n) is 9.04. The zero-order chi connectivity index (χ0) is 20.1. The van der Waals surface area contributed by atoms with E-state index in [4.69, 9.17) is 0 Å². The van der Waals surface area contributed by atoms with Crippen LogP contribution in [-0.4, -0.2) is 31.7 Å². The zero-order valence-corrected chi connectivity index (χ0v) is 16.1. The Hall–Kier alpha value is -2.32. The summed E-state index contributed by atoms with van der Waals surface area (Å²) in [6, 6.07) is 9.54. The number of halogens is 2. The predicted octanol–water partition coefficient (Wildman–Crippen LogP) is 3.31. The van der Waals surface area contributed by atoms with E-state index >= 15 is 0 Å². The smallest absolute Gasteiger partial charge is 0.243 e. The van der Waals surface area contributed by atoms with Crippen molar-refractivity contribution in [1.82, 2.24) is 4.31 Å². The fraction of sp³-hybridized carbons (Fsp3) is 0.350. The number of sulfonamides is 1. The summed E-state index contributed by atoms with van der Waals surface area (Å²) in [5.74, 6) is -1.54. The van der Waals surface area contributed by atoms with E-state index in [2.05, 4.69) is 5.32 Å². The van der Waals surface area contributed by atoms with E-state index in [0.717, 1.165) is 6.07 Å². The van der Waals surface area contributed by atoms with Gasteiger partial charge < -0.3 is 5.32 Å². The van der Waals surface area contributed by atoms with Gasteiger partial charge >= 0.3 is 0 Å². The Bertz CT molecular complexity index is 1060. The van der Waals surface area contributed by atoms with Gasteiger partial charge in [0, 0.05) is 24.7 Å². The molecule has 0 radical (unpaired) electrons. The minimum atomic E-state index is -3.81. The van der Waals surface area contributed by atoms with Gasteiger partial charge in [0.1, 0.15) is 11.6 Å². The molecule has 4 rings (SSSR count). The maximum Gasteiger partial charge on any atom is 0.243 e. The lowest BCUT2D eigenvalue weighted by Gasteiger charge is -2.17. The SMILES string of the molecule is Cc1ccc(S(=O)(=O)N2CC[C@@]3(C[C@H]3C(=O)Nc3cccc(F)c3)C2)cc1F. The monoisotopic (exact) mass is 406 g/mol. The Morgan fingerprint density at radius 1 is 1.21 bits per heavy atom. The molecule has 2 atom stereocenters. The standard InChI is InChI=1S/C20H20F2N2O3S/c1-13-5-6-16(10-18(13)22)28(26,27)24-8-7-20(12-24)11-17(20)19(25)23-15-4-2-3-14(21)9-15/h2-6,9-10,17H,7-8,11-12H2,1H3,(H,23,25)/t17-,20+/m0/s1. The second-order valence-electron chi connectivity index (χ2n) is 7.62. The van der Waals surface area contributed by atoms with E-state index in [0.29, 0.717) is 30.6 Å². The first-order valence-corrected chi connectivity index (χ1v) is 10.5. The van der Waals surface area contributed by atoms with Crippen LogP contribution in [0.25, 0.3) is 0 Å². The van der Waals surface area contributed by atoms with Crippen LogP contribution in [0.3, 0.4) is 0 Å². The third kappa shape index (κ3) is 3.31. The molecule has 2 aromatic carbocycles. The van der Waals surface area contributed by atoms with E-state index in [1.807, 2.05) is 0 Å². The molecule has 1 N–H and O–H groups in total. The van der Waals surface area contributed by atoms with Crippen LogP contribution >= 0.6 is 0 Å². The van der Waals surface area contributed by atoms with E-state index in [1.54, 1.807) is 13.0 Å². The maximum absolute atomic E-state index is 13.8. The highest BCUT2D eigenvalue weighted by Crippen LogP contribution is 2.59. The number of amides is 1. The molecule has 28 heavy (non-hydrogen) atoms. The lowest BCUT2D eigenvalue weighted by atomic mass is 10.0. The van der Waals surface area contributed by atoms with Crippen LogP contribution in [0.1, 0.15) is 18.4 Å². The summed E-state index contributed by atoms with van der Waals surface area (Å²) in [6.07, 6.45) is 1.16. The molecule has 0 aromatic heterocycles. The molecule has 5 nitrogen and oxygen atoms in total. The van der Waals surface area contributed by atoms with Crippen molar-refractivity contribution < 1.29 is 22.0 Å². The summed E-state index contributed by atoms with van der Waals surface area (Å²) in [5, 5.41) is 2.70. The Morgan fingerprint density at radius 2 is 2.00 bits per heavy atom. The van der Waals surface area contributed by atoms with Crippen LogP contribution in [0.15, 0.2) is 47.4 Å². The summed E-state index contributed by atoms with van der Waals surface area (Å²) in [4.78, 5) is 12.4. The first kappa shape index (κ1) is 19.0. The molecule has 2 fully saturated rings. The molecule has 1 aliphatic heterocycles. The fourth-order valence-corrected chi connectivity index (χ4v) is 5.46. The molecule has 0 unspecified atom stereocenters. The van der Waals surface area contributed by atoms with Crippen molar-refractivity contribution in [3.05, 3.63) is 59.7 Å². The predicted molar refractivity (Wildman–Crippen MR) is 100 cm³/mol. The van der Waals surface area contributed by atoms with Crippen LogP contribution in [0.5, 0.6) is 0 Å². The van der Waals surface area contributed by atoms with Crippen molar-refractivity contribution >= 4 is 21.6 Å². The topological polar surface area (TPSA) is 66.5 Å². The Morgan fingerprint density at radius 3 is 2.71 bits per heavy atom. The summed E-state index contributed by atoms with van der Waals surface area (Å²) in [7, 11) is -3.81. The van der Waals surface area contributed by atoms with Crippen molar-refractivity contribution in [3.8, 4) is 0 Å². The average molecular weight is 406 g/mol. The molecule has 1 heterocycles. The number of aryl methyl sites for hydroxylation is 1. The molecule has 0 bridgehead atoms. The van der Waals surface area contributed by atoms with Gasteiger partial charge in [-0.2, -0.15) is 4.31 Å². The fourth-order valence-electron chi connectivity index (χ4n) is 3.91. The van der Waals surface area contributed by atoms with E-state index in [1.165, 1.54) is 34.6 Å². The second kappa shape index (κ2) is 6.63. The number of rotatable bonds is 4. The molecule has 1 amide bonds. The van der Waals surface area contributed by atoms with Crippen molar-refractivity contribution in [2.75, 3.05) is 18.4 Å². The highest BCUT2D eigenvalue weighted by atomic mass is 32.2. The Balaban J connectivity index is 1.45. The van der Waals surface area contributed by atoms with Gasteiger partial charge in [0.25, 0.3) is 0 Å². The van der Waals surface area contributed by atoms with Gasteiger partial charge in [0.15, 0.2) is 0 Å². The average Bonchev–Trinajstić information content (AvgIpc) is 3.16. The van der Waals surface area contributed by atoms with Gasteiger partial charge in [-0.1, -0.05) is 12.1 Å².